The number of aliphatic carboxylic acids is 2. The second-order valence-corrected chi connectivity index (χ2v) is 11.4. The Kier molecular flexibility index (Phi) is 45.2. The van der Waals surface area contributed by atoms with Gasteiger partial charge in [0.05, 0.1) is 0 Å². The molecule has 4 nitrogen and oxygen atoms in total. The van der Waals surface area contributed by atoms with Crippen molar-refractivity contribution in [2.45, 2.75) is 194 Å². The van der Waals surface area contributed by atoms with E-state index < -0.39 is 11.9 Å². The molecule has 0 aromatic carbocycles. The first-order valence-corrected chi connectivity index (χ1v) is 17.2. The number of hydrogen-bond acceptors (Lipinski definition) is 4. The molecular formula is C36H66O4Zr. The maximum absolute atomic E-state index is 10.2. The number of rotatable bonds is 30. The van der Waals surface area contributed by atoms with Gasteiger partial charge >= 0.3 is 26.2 Å². The van der Waals surface area contributed by atoms with Gasteiger partial charge in [0, 0.05) is 11.9 Å². The van der Waals surface area contributed by atoms with Crippen LogP contribution in [0.25, 0.3) is 0 Å². The van der Waals surface area contributed by atoms with E-state index in [0.717, 1.165) is 38.5 Å². The van der Waals surface area contributed by atoms with Crippen molar-refractivity contribution < 1.29 is 46.0 Å². The van der Waals surface area contributed by atoms with Gasteiger partial charge < -0.3 is 19.8 Å². The van der Waals surface area contributed by atoms with E-state index in [9.17, 15) is 19.8 Å². The van der Waals surface area contributed by atoms with E-state index in [1.165, 1.54) is 128 Å². The Morgan fingerprint density at radius 3 is 0.854 bits per heavy atom. The van der Waals surface area contributed by atoms with Crippen molar-refractivity contribution in [3.63, 3.8) is 0 Å². The van der Waals surface area contributed by atoms with Gasteiger partial charge in [0.1, 0.15) is 0 Å². The normalized spacial score (nSPS) is 11.0. The zero-order valence-corrected chi connectivity index (χ0v) is 29.7. The topological polar surface area (TPSA) is 80.3 Å². The van der Waals surface area contributed by atoms with Gasteiger partial charge in [0.25, 0.3) is 0 Å². The summed E-state index contributed by atoms with van der Waals surface area (Å²) >= 11 is 0. The van der Waals surface area contributed by atoms with Crippen LogP contribution >= 0.6 is 0 Å². The number of hydrogen-bond donors (Lipinski definition) is 0. The molecule has 238 valence electrons. The fourth-order valence-corrected chi connectivity index (χ4v) is 4.68. The number of unbranched alkanes of at least 4 members (excludes halogenated alkanes) is 22. The molecule has 0 saturated heterocycles. The summed E-state index contributed by atoms with van der Waals surface area (Å²) in [7, 11) is 0. The summed E-state index contributed by atoms with van der Waals surface area (Å²) in [4.78, 5) is 20.4. The number of carbonyl (C=O) groups excluding carboxylic acids is 2. The maximum Gasteiger partial charge on any atom is 2.00 e. The molecule has 0 aliphatic rings. The molecule has 41 heavy (non-hydrogen) atoms. The molecule has 0 aliphatic heterocycles. The van der Waals surface area contributed by atoms with E-state index in [4.69, 9.17) is 0 Å². The molecule has 0 heterocycles. The van der Waals surface area contributed by atoms with Crippen LogP contribution in [0.4, 0.5) is 0 Å². The number of carboxylic acids is 2. The molecular weight excluding hydrogens is 588 g/mol. The Bertz CT molecular complexity index is 524. The predicted octanol–water partition coefficient (Wildman–Crippen LogP) is 9.55. The fourth-order valence-electron chi connectivity index (χ4n) is 4.68. The van der Waals surface area contributed by atoms with Crippen LogP contribution in [-0.4, -0.2) is 11.9 Å². The molecule has 0 aliphatic carbocycles. The van der Waals surface area contributed by atoms with E-state index in [2.05, 4.69) is 38.2 Å². The van der Waals surface area contributed by atoms with Crippen molar-refractivity contribution in [1.29, 1.82) is 0 Å². The van der Waals surface area contributed by atoms with Gasteiger partial charge in [-0.05, 0) is 77.0 Å². The van der Waals surface area contributed by atoms with E-state index in [1.807, 2.05) is 0 Å². The number of carboxylic acid groups (broad SMARTS) is 2. The van der Waals surface area contributed by atoms with Gasteiger partial charge in [-0.25, -0.2) is 0 Å². The van der Waals surface area contributed by atoms with Crippen molar-refractivity contribution in [1.82, 2.24) is 0 Å². The molecule has 0 N–H and O–H groups in total. The van der Waals surface area contributed by atoms with Gasteiger partial charge in [-0.1, -0.05) is 141 Å². The van der Waals surface area contributed by atoms with Crippen molar-refractivity contribution in [3.05, 3.63) is 24.3 Å². The fraction of sp³-hybridized carbons (Fsp3) is 0.833. The van der Waals surface area contributed by atoms with Gasteiger partial charge in [-0.15, -0.1) is 0 Å². The van der Waals surface area contributed by atoms with Crippen LogP contribution in [0.1, 0.15) is 194 Å². The third-order valence-corrected chi connectivity index (χ3v) is 7.29. The Hall–Kier alpha value is -0.697. The third-order valence-electron chi connectivity index (χ3n) is 7.29. The van der Waals surface area contributed by atoms with Crippen LogP contribution in [0, 0.1) is 0 Å². The average molecular weight is 654 g/mol. The summed E-state index contributed by atoms with van der Waals surface area (Å²) in [5.74, 6) is -1.83. The first-order valence-electron chi connectivity index (χ1n) is 17.2. The van der Waals surface area contributed by atoms with Crippen LogP contribution in [-0.2, 0) is 35.8 Å². The minimum atomic E-state index is -0.914. The standard InChI is InChI=1S/2C18H34O2.Zr/c2*1-2-3-4-5-6-7-8-9-10-11-12-13-14-15-16-17-18(19)20;/h2*9-10H,2-8,11-17H2,1H3,(H,19,20);/q;;+2/p-2/b2*10-9-;. The molecule has 0 fully saturated rings. The maximum atomic E-state index is 10.2. The molecule has 0 unspecified atom stereocenters. The van der Waals surface area contributed by atoms with Crippen LogP contribution < -0.4 is 10.2 Å². The summed E-state index contributed by atoms with van der Waals surface area (Å²) in [6.45, 7) is 4.51. The van der Waals surface area contributed by atoms with E-state index in [0.29, 0.717) is 0 Å². The Morgan fingerprint density at radius 2 is 0.610 bits per heavy atom. The van der Waals surface area contributed by atoms with Crippen molar-refractivity contribution in [2.24, 2.45) is 0 Å². The average Bonchev–Trinajstić information content (AvgIpc) is 2.93. The van der Waals surface area contributed by atoms with Gasteiger partial charge in [-0.3, -0.25) is 0 Å². The van der Waals surface area contributed by atoms with Crippen LogP contribution in [0.3, 0.4) is 0 Å². The zero-order chi connectivity index (χ0) is 29.8. The van der Waals surface area contributed by atoms with Gasteiger partial charge in [0.2, 0.25) is 0 Å². The second-order valence-electron chi connectivity index (χ2n) is 11.4. The van der Waals surface area contributed by atoms with Crippen LogP contribution in [0.5, 0.6) is 0 Å². The molecule has 0 aromatic rings. The molecule has 5 heteroatoms. The van der Waals surface area contributed by atoms with Gasteiger partial charge in [0.15, 0.2) is 0 Å². The smallest absolute Gasteiger partial charge is 0.550 e. The minimum absolute atomic E-state index is 0. The van der Waals surface area contributed by atoms with Crippen LogP contribution in [0.15, 0.2) is 24.3 Å². The molecule has 0 aromatic heterocycles. The van der Waals surface area contributed by atoms with Crippen molar-refractivity contribution >= 4 is 11.9 Å². The first-order chi connectivity index (χ1) is 19.5. The van der Waals surface area contributed by atoms with Crippen molar-refractivity contribution in [2.75, 3.05) is 0 Å². The molecule has 0 radical (unpaired) electrons. The molecule has 0 rings (SSSR count). The molecule has 0 atom stereocenters. The molecule has 0 saturated carbocycles. The molecule has 0 amide bonds. The summed E-state index contributed by atoms with van der Waals surface area (Å²) < 4.78 is 0. The van der Waals surface area contributed by atoms with E-state index in [1.54, 1.807) is 0 Å². The summed E-state index contributed by atoms with van der Waals surface area (Å²) in [6, 6.07) is 0. The van der Waals surface area contributed by atoms with E-state index >= 15 is 0 Å². The number of allylic oxidation sites excluding steroid dienone is 4. The monoisotopic (exact) mass is 652 g/mol. The second kappa shape index (κ2) is 41.4. The Labute approximate surface area is 274 Å². The Balaban J connectivity index is -0.000000688. The summed E-state index contributed by atoms with van der Waals surface area (Å²) in [5, 5.41) is 20.4. The summed E-state index contributed by atoms with van der Waals surface area (Å²) in [5.41, 5.74) is 0. The van der Waals surface area contributed by atoms with E-state index in [-0.39, 0.29) is 39.0 Å². The Morgan fingerprint density at radius 1 is 0.390 bits per heavy atom. The van der Waals surface area contributed by atoms with Crippen LogP contribution in [0.2, 0.25) is 0 Å². The predicted molar refractivity (Wildman–Crippen MR) is 169 cm³/mol. The third kappa shape index (κ3) is 49.3. The van der Waals surface area contributed by atoms with Gasteiger partial charge in [-0.2, -0.15) is 0 Å². The number of carbonyl (C=O) groups is 2. The molecule has 0 spiro atoms. The largest absolute Gasteiger partial charge is 2.00 e. The summed E-state index contributed by atoms with van der Waals surface area (Å²) in [6.07, 6.45) is 41.8. The SMILES string of the molecule is CCCCCCCC/C=C\CCCCCCCC(=O)[O-].CCCCCCCC/C=C\CCCCCCCC(=O)[O-].[Zr+2]. The van der Waals surface area contributed by atoms with Crippen molar-refractivity contribution in [3.8, 4) is 0 Å². The zero-order valence-electron chi connectivity index (χ0n) is 27.2. The first kappa shape index (κ1) is 44.7. The molecule has 0 bridgehead atoms. The minimum Gasteiger partial charge on any atom is -0.550 e. The quantitative estimate of drug-likeness (QED) is 0.0571.